The smallest absolute Gasteiger partial charge is 0.407 e. The van der Waals surface area contributed by atoms with Gasteiger partial charge in [-0.15, -0.1) is 0 Å². The second-order valence-corrected chi connectivity index (χ2v) is 9.01. The van der Waals surface area contributed by atoms with Crippen molar-refractivity contribution in [1.82, 2.24) is 10.2 Å². The molecule has 2 atom stereocenters. The van der Waals surface area contributed by atoms with Crippen molar-refractivity contribution in [2.24, 2.45) is 0 Å². The second kappa shape index (κ2) is 9.85. The number of amides is 2. The van der Waals surface area contributed by atoms with Gasteiger partial charge in [-0.25, -0.2) is 9.59 Å². The van der Waals surface area contributed by atoms with Crippen LogP contribution in [0, 0.1) is 0 Å². The molecule has 180 valence electrons. The number of aliphatic carboxylic acids is 1. The predicted octanol–water partition coefficient (Wildman–Crippen LogP) is 3.13. The lowest BCUT2D eigenvalue weighted by Crippen LogP contribution is -2.58. The SMILES string of the molecule is CCC[C@H](NC(=O)OCC1c2ccccc2-c2ccccc21)C(=O)N1CCCC(O)(C(=O)O)C1. The molecule has 0 radical (unpaired) electrons. The maximum Gasteiger partial charge on any atom is 0.407 e. The highest BCUT2D eigenvalue weighted by Crippen LogP contribution is 2.44. The van der Waals surface area contributed by atoms with Gasteiger partial charge in [-0.3, -0.25) is 4.79 Å². The Labute approximate surface area is 198 Å². The van der Waals surface area contributed by atoms with Gasteiger partial charge in [-0.05, 0) is 41.5 Å². The monoisotopic (exact) mass is 466 g/mol. The number of carboxylic acids is 1. The van der Waals surface area contributed by atoms with Gasteiger partial charge in [0.05, 0.1) is 6.54 Å². The fourth-order valence-corrected chi connectivity index (χ4v) is 4.95. The number of carboxylic acid groups (broad SMARTS) is 1. The van der Waals surface area contributed by atoms with Crippen molar-refractivity contribution in [1.29, 1.82) is 0 Å². The Morgan fingerprint density at radius 1 is 1.12 bits per heavy atom. The highest BCUT2D eigenvalue weighted by Gasteiger charge is 2.43. The number of rotatable bonds is 7. The number of β-amino-alcohol motifs (C(OH)–C–C–N with tert-alkyl or cyclic N) is 1. The van der Waals surface area contributed by atoms with E-state index in [0.717, 1.165) is 22.3 Å². The minimum absolute atomic E-state index is 0.0877. The first-order chi connectivity index (χ1) is 16.3. The third-order valence-corrected chi connectivity index (χ3v) is 6.69. The largest absolute Gasteiger partial charge is 0.479 e. The number of likely N-dealkylation sites (tertiary alicyclic amines) is 1. The van der Waals surface area contributed by atoms with Crippen LogP contribution < -0.4 is 5.32 Å². The molecular weight excluding hydrogens is 436 g/mol. The zero-order valence-electron chi connectivity index (χ0n) is 19.2. The first-order valence-electron chi connectivity index (χ1n) is 11.7. The topological polar surface area (TPSA) is 116 Å². The third-order valence-electron chi connectivity index (χ3n) is 6.69. The molecule has 2 amide bonds. The van der Waals surface area contributed by atoms with Gasteiger partial charge in [0.1, 0.15) is 12.6 Å². The molecule has 1 saturated heterocycles. The van der Waals surface area contributed by atoms with Crippen molar-refractivity contribution in [3.05, 3.63) is 59.7 Å². The van der Waals surface area contributed by atoms with Crippen molar-refractivity contribution in [2.45, 2.75) is 50.2 Å². The Kier molecular flexibility index (Phi) is 6.88. The lowest BCUT2D eigenvalue weighted by Gasteiger charge is -2.37. The first-order valence-corrected chi connectivity index (χ1v) is 11.7. The summed E-state index contributed by atoms with van der Waals surface area (Å²) < 4.78 is 5.57. The summed E-state index contributed by atoms with van der Waals surface area (Å²) in [6.07, 6.45) is 0.782. The van der Waals surface area contributed by atoms with Gasteiger partial charge < -0.3 is 25.2 Å². The summed E-state index contributed by atoms with van der Waals surface area (Å²) in [6.45, 7) is 2.06. The molecule has 0 bridgehead atoms. The molecule has 8 heteroatoms. The molecule has 0 spiro atoms. The number of nitrogens with one attached hydrogen (secondary N) is 1. The summed E-state index contributed by atoms with van der Waals surface area (Å²) in [5, 5.41) is 22.3. The fourth-order valence-electron chi connectivity index (χ4n) is 4.95. The predicted molar refractivity (Wildman–Crippen MR) is 125 cm³/mol. The van der Waals surface area contributed by atoms with E-state index < -0.39 is 29.6 Å². The molecule has 1 aliphatic carbocycles. The maximum absolute atomic E-state index is 13.1. The molecule has 34 heavy (non-hydrogen) atoms. The molecule has 2 aliphatic rings. The van der Waals surface area contributed by atoms with Crippen LogP contribution in [0.4, 0.5) is 4.79 Å². The van der Waals surface area contributed by atoms with Crippen LogP contribution in [0.3, 0.4) is 0 Å². The maximum atomic E-state index is 13.1. The molecule has 2 aromatic rings. The number of nitrogens with zero attached hydrogens (tertiary/aromatic N) is 1. The van der Waals surface area contributed by atoms with Gasteiger partial charge in [0.15, 0.2) is 5.60 Å². The summed E-state index contributed by atoms with van der Waals surface area (Å²) in [5.41, 5.74) is 2.48. The summed E-state index contributed by atoms with van der Waals surface area (Å²) in [4.78, 5) is 38.5. The van der Waals surface area contributed by atoms with E-state index >= 15 is 0 Å². The molecule has 1 aliphatic heterocycles. The van der Waals surface area contributed by atoms with Crippen LogP contribution in [0.1, 0.15) is 49.7 Å². The van der Waals surface area contributed by atoms with E-state index in [4.69, 9.17) is 4.74 Å². The Morgan fingerprint density at radius 3 is 2.32 bits per heavy atom. The molecule has 1 unspecified atom stereocenters. The molecular formula is C26H30N2O6. The molecule has 8 nitrogen and oxygen atoms in total. The zero-order chi connectivity index (χ0) is 24.3. The number of hydrogen-bond acceptors (Lipinski definition) is 5. The van der Waals surface area contributed by atoms with Gasteiger partial charge >= 0.3 is 12.1 Å². The molecule has 1 heterocycles. The Hall–Kier alpha value is -3.39. The van der Waals surface area contributed by atoms with E-state index in [0.29, 0.717) is 25.8 Å². The summed E-state index contributed by atoms with van der Waals surface area (Å²) in [6, 6.07) is 15.2. The highest BCUT2D eigenvalue weighted by atomic mass is 16.5. The van der Waals surface area contributed by atoms with Crippen LogP contribution in [-0.4, -0.2) is 64.4 Å². The molecule has 2 aromatic carbocycles. The molecule has 0 saturated carbocycles. The lowest BCUT2D eigenvalue weighted by atomic mass is 9.92. The van der Waals surface area contributed by atoms with E-state index in [1.54, 1.807) is 0 Å². The van der Waals surface area contributed by atoms with Crippen LogP contribution in [0.25, 0.3) is 11.1 Å². The Balaban J connectivity index is 1.41. The van der Waals surface area contributed by atoms with E-state index in [-0.39, 0.29) is 25.5 Å². The number of piperidine rings is 1. The van der Waals surface area contributed by atoms with Crippen LogP contribution in [-0.2, 0) is 14.3 Å². The molecule has 1 fully saturated rings. The number of hydrogen-bond donors (Lipinski definition) is 3. The minimum atomic E-state index is -1.96. The number of alkyl carbamates (subject to hydrolysis) is 1. The normalized spacial score (nSPS) is 20.2. The number of aliphatic hydroxyl groups is 1. The van der Waals surface area contributed by atoms with Gasteiger partial charge in [0.25, 0.3) is 0 Å². The first kappa shape index (κ1) is 23.8. The van der Waals surface area contributed by atoms with Crippen LogP contribution in [0.15, 0.2) is 48.5 Å². The summed E-state index contributed by atoms with van der Waals surface area (Å²) in [7, 11) is 0. The van der Waals surface area contributed by atoms with Gasteiger partial charge in [0, 0.05) is 12.5 Å². The third kappa shape index (κ3) is 4.63. The molecule has 0 aromatic heterocycles. The number of benzene rings is 2. The second-order valence-electron chi connectivity index (χ2n) is 9.01. The van der Waals surface area contributed by atoms with Crippen LogP contribution >= 0.6 is 0 Å². The van der Waals surface area contributed by atoms with Crippen molar-refractivity contribution in [2.75, 3.05) is 19.7 Å². The fraction of sp³-hybridized carbons (Fsp3) is 0.423. The van der Waals surface area contributed by atoms with Crippen LogP contribution in [0.2, 0.25) is 0 Å². The van der Waals surface area contributed by atoms with Crippen molar-refractivity contribution in [3.63, 3.8) is 0 Å². The quantitative estimate of drug-likeness (QED) is 0.577. The van der Waals surface area contributed by atoms with Gasteiger partial charge in [-0.1, -0.05) is 61.9 Å². The van der Waals surface area contributed by atoms with E-state index in [1.807, 2.05) is 43.3 Å². The Morgan fingerprint density at radius 2 is 1.74 bits per heavy atom. The van der Waals surface area contributed by atoms with Crippen LogP contribution in [0.5, 0.6) is 0 Å². The lowest BCUT2D eigenvalue weighted by molar-refractivity contribution is -0.167. The average Bonchev–Trinajstić information content (AvgIpc) is 3.16. The van der Waals surface area contributed by atoms with Crippen molar-refractivity contribution < 1.29 is 29.3 Å². The van der Waals surface area contributed by atoms with Crippen molar-refractivity contribution in [3.8, 4) is 11.1 Å². The van der Waals surface area contributed by atoms with E-state index in [2.05, 4.69) is 17.4 Å². The summed E-state index contributed by atoms with van der Waals surface area (Å²) in [5.74, 6) is -1.84. The standard InChI is InChI=1S/C26H30N2O6/c1-2-8-22(23(29)28-14-7-13-26(33,16-28)24(30)31)27-25(32)34-15-21-19-11-5-3-9-17(19)18-10-4-6-12-20(18)21/h3-6,9-12,21-22,33H,2,7-8,13-16H2,1H3,(H,27,32)(H,30,31)/t22-,26?/m0/s1. The molecule has 4 rings (SSSR count). The number of carbonyl (C=O) groups is 3. The van der Waals surface area contributed by atoms with E-state index in [9.17, 15) is 24.6 Å². The van der Waals surface area contributed by atoms with Crippen molar-refractivity contribution >= 4 is 18.0 Å². The number of carbonyl (C=O) groups excluding carboxylic acids is 2. The Bertz CT molecular complexity index is 1040. The van der Waals surface area contributed by atoms with Gasteiger partial charge in [0.2, 0.25) is 5.91 Å². The number of ether oxygens (including phenoxy) is 1. The zero-order valence-corrected chi connectivity index (χ0v) is 19.2. The minimum Gasteiger partial charge on any atom is -0.479 e. The van der Waals surface area contributed by atoms with Gasteiger partial charge in [-0.2, -0.15) is 0 Å². The van der Waals surface area contributed by atoms with E-state index in [1.165, 1.54) is 4.90 Å². The summed E-state index contributed by atoms with van der Waals surface area (Å²) >= 11 is 0. The number of fused-ring (bicyclic) bond motifs is 3. The average molecular weight is 467 g/mol. The molecule has 3 N–H and O–H groups in total. The highest BCUT2D eigenvalue weighted by molar-refractivity contribution is 5.87.